The standard InChI is InChI=1S/C14H22N2O2/c1-17-12-5-6-14(15)11(8-12)9-16-10-13-4-2-3-7-18-13/h5-6,8,13,16H,2-4,7,9-10,15H2,1H3. The number of anilines is 1. The quantitative estimate of drug-likeness (QED) is 0.784. The zero-order chi connectivity index (χ0) is 12.8. The molecule has 1 unspecified atom stereocenters. The lowest BCUT2D eigenvalue weighted by atomic mass is 10.1. The average Bonchev–Trinajstić information content (AvgIpc) is 2.42. The number of methoxy groups -OCH3 is 1. The summed E-state index contributed by atoms with van der Waals surface area (Å²) in [5, 5.41) is 3.40. The summed E-state index contributed by atoms with van der Waals surface area (Å²) in [6, 6.07) is 5.74. The van der Waals surface area contributed by atoms with E-state index in [0.29, 0.717) is 6.10 Å². The Balaban J connectivity index is 1.81. The first kappa shape index (κ1) is 13.2. The summed E-state index contributed by atoms with van der Waals surface area (Å²) >= 11 is 0. The topological polar surface area (TPSA) is 56.5 Å². The lowest BCUT2D eigenvalue weighted by Crippen LogP contribution is -2.31. The highest BCUT2D eigenvalue weighted by Crippen LogP contribution is 2.19. The second-order valence-corrected chi connectivity index (χ2v) is 4.68. The number of nitrogens with one attached hydrogen (secondary N) is 1. The van der Waals surface area contributed by atoms with E-state index in [1.54, 1.807) is 7.11 Å². The van der Waals surface area contributed by atoms with Gasteiger partial charge in [0, 0.05) is 25.4 Å². The molecule has 1 atom stereocenters. The Kier molecular flexibility index (Phi) is 4.84. The van der Waals surface area contributed by atoms with Gasteiger partial charge in [0.15, 0.2) is 0 Å². The van der Waals surface area contributed by atoms with Crippen LogP contribution in [0.4, 0.5) is 5.69 Å². The first-order valence-corrected chi connectivity index (χ1v) is 6.54. The molecule has 0 aromatic heterocycles. The summed E-state index contributed by atoms with van der Waals surface area (Å²) in [5.74, 6) is 0.843. The highest BCUT2D eigenvalue weighted by molar-refractivity contribution is 5.50. The van der Waals surface area contributed by atoms with Gasteiger partial charge < -0.3 is 20.5 Å². The van der Waals surface area contributed by atoms with E-state index in [4.69, 9.17) is 15.2 Å². The van der Waals surface area contributed by atoms with Crippen LogP contribution in [0.5, 0.6) is 5.75 Å². The van der Waals surface area contributed by atoms with E-state index in [1.807, 2.05) is 18.2 Å². The molecule has 0 saturated carbocycles. The Morgan fingerprint density at radius 1 is 1.44 bits per heavy atom. The van der Waals surface area contributed by atoms with Crippen LogP contribution in [0.25, 0.3) is 0 Å². The lowest BCUT2D eigenvalue weighted by molar-refractivity contribution is 0.0168. The average molecular weight is 250 g/mol. The van der Waals surface area contributed by atoms with E-state index >= 15 is 0 Å². The van der Waals surface area contributed by atoms with Crippen molar-refractivity contribution in [3.63, 3.8) is 0 Å². The van der Waals surface area contributed by atoms with Crippen molar-refractivity contribution >= 4 is 5.69 Å². The molecule has 4 nitrogen and oxygen atoms in total. The Morgan fingerprint density at radius 3 is 3.06 bits per heavy atom. The Bertz CT molecular complexity index is 376. The molecule has 1 saturated heterocycles. The molecule has 2 rings (SSSR count). The van der Waals surface area contributed by atoms with Crippen LogP contribution in [0.1, 0.15) is 24.8 Å². The predicted octanol–water partition coefficient (Wildman–Crippen LogP) is 1.94. The maximum atomic E-state index is 5.94. The van der Waals surface area contributed by atoms with Gasteiger partial charge in [-0.3, -0.25) is 0 Å². The first-order valence-electron chi connectivity index (χ1n) is 6.54. The van der Waals surface area contributed by atoms with E-state index < -0.39 is 0 Å². The smallest absolute Gasteiger partial charge is 0.119 e. The third-order valence-corrected chi connectivity index (χ3v) is 3.31. The summed E-state index contributed by atoms with van der Waals surface area (Å²) in [6.45, 7) is 2.53. The number of ether oxygens (including phenoxy) is 2. The minimum atomic E-state index is 0.352. The van der Waals surface area contributed by atoms with Crippen molar-refractivity contribution in [2.45, 2.75) is 31.9 Å². The summed E-state index contributed by atoms with van der Waals surface area (Å²) in [7, 11) is 1.67. The molecule has 1 aromatic rings. The van der Waals surface area contributed by atoms with E-state index in [-0.39, 0.29) is 0 Å². The third-order valence-electron chi connectivity index (χ3n) is 3.31. The molecule has 3 N–H and O–H groups in total. The molecule has 0 bridgehead atoms. The van der Waals surface area contributed by atoms with Crippen LogP contribution in [0, 0.1) is 0 Å². The lowest BCUT2D eigenvalue weighted by Gasteiger charge is -2.23. The Morgan fingerprint density at radius 2 is 2.33 bits per heavy atom. The third kappa shape index (κ3) is 3.62. The zero-order valence-corrected chi connectivity index (χ0v) is 10.9. The summed E-state index contributed by atoms with van der Waals surface area (Å²) in [5.41, 5.74) is 7.81. The van der Waals surface area contributed by atoms with Gasteiger partial charge in [-0.25, -0.2) is 0 Å². The molecular formula is C14H22N2O2. The van der Waals surface area contributed by atoms with Gasteiger partial charge in [-0.15, -0.1) is 0 Å². The van der Waals surface area contributed by atoms with Crippen LogP contribution < -0.4 is 15.8 Å². The molecule has 1 fully saturated rings. The van der Waals surface area contributed by atoms with Crippen LogP contribution in [0.2, 0.25) is 0 Å². The molecule has 0 radical (unpaired) electrons. The molecule has 1 aliphatic heterocycles. The summed E-state index contributed by atoms with van der Waals surface area (Å²) in [4.78, 5) is 0. The molecule has 1 heterocycles. The SMILES string of the molecule is COc1ccc(N)c(CNCC2CCCCO2)c1. The zero-order valence-electron chi connectivity index (χ0n) is 10.9. The van der Waals surface area contributed by atoms with Crippen LogP contribution in [0.3, 0.4) is 0 Å². The maximum absolute atomic E-state index is 5.94. The van der Waals surface area contributed by atoms with Crippen molar-refractivity contribution in [2.24, 2.45) is 0 Å². The van der Waals surface area contributed by atoms with Gasteiger partial charge in [-0.1, -0.05) is 0 Å². The Labute approximate surface area is 108 Å². The molecular weight excluding hydrogens is 228 g/mol. The second kappa shape index (κ2) is 6.61. The number of benzene rings is 1. The van der Waals surface area contributed by atoms with Crippen molar-refractivity contribution in [1.82, 2.24) is 5.32 Å². The van der Waals surface area contributed by atoms with Gasteiger partial charge >= 0.3 is 0 Å². The highest BCUT2D eigenvalue weighted by atomic mass is 16.5. The van der Waals surface area contributed by atoms with Gasteiger partial charge in [0.2, 0.25) is 0 Å². The van der Waals surface area contributed by atoms with Crippen molar-refractivity contribution in [2.75, 3.05) is 26.0 Å². The number of rotatable bonds is 5. The molecule has 1 aliphatic rings. The minimum Gasteiger partial charge on any atom is -0.497 e. The van der Waals surface area contributed by atoms with Gasteiger partial charge in [0.25, 0.3) is 0 Å². The number of nitrogens with two attached hydrogens (primary N) is 1. The van der Waals surface area contributed by atoms with Crippen LogP contribution in [-0.4, -0.2) is 26.4 Å². The van der Waals surface area contributed by atoms with Crippen LogP contribution >= 0.6 is 0 Å². The first-order chi connectivity index (χ1) is 8.79. The van der Waals surface area contributed by atoms with Crippen molar-refractivity contribution in [3.8, 4) is 5.75 Å². The van der Waals surface area contributed by atoms with Crippen molar-refractivity contribution in [1.29, 1.82) is 0 Å². The monoisotopic (exact) mass is 250 g/mol. The molecule has 18 heavy (non-hydrogen) atoms. The van der Waals surface area contributed by atoms with Crippen molar-refractivity contribution < 1.29 is 9.47 Å². The van der Waals surface area contributed by atoms with E-state index in [1.165, 1.54) is 12.8 Å². The molecule has 1 aromatic carbocycles. The molecule has 0 amide bonds. The van der Waals surface area contributed by atoms with E-state index in [0.717, 1.165) is 43.1 Å². The maximum Gasteiger partial charge on any atom is 0.119 e. The molecule has 0 aliphatic carbocycles. The van der Waals surface area contributed by atoms with Crippen LogP contribution in [0.15, 0.2) is 18.2 Å². The number of hydrogen-bond donors (Lipinski definition) is 2. The molecule has 0 spiro atoms. The second-order valence-electron chi connectivity index (χ2n) is 4.68. The normalized spacial score (nSPS) is 19.7. The minimum absolute atomic E-state index is 0.352. The fourth-order valence-electron chi connectivity index (χ4n) is 2.20. The van der Waals surface area contributed by atoms with Gasteiger partial charge in [-0.05, 0) is 43.0 Å². The van der Waals surface area contributed by atoms with Crippen molar-refractivity contribution in [3.05, 3.63) is 23.8 Å². The van der Waals surface area contributed by atoms with Gasteiger partial charge in [0.1, 0.15) is 5.75 Å². The van der Waals surface area contributed by atoms with E-state index in [2.05, 4.69) is 5.32 Å². The fraction of sp³-hybridized carbons (Fsp3) is 0.571. The van der Waals surface area contributed by atoms with Gasteiger partial charge in [0.05, 0.1) is 13.2 Å². The summed E-state index contributed by atoms with van der Waals surface area (Å²) < 4.78 is 10.9. The largest absolute Gasteiger partial charge is 0.497 e. The fourth-order valence-corrected chi connectivity index (χ4v) is 2.20. The highest BCUT2D eigenvalue weighted by Gasteiger charge is 2.13. The van der Waals surface area contributed by atoms with Crippen LogP contribution in [-0.2, 0) is 11.3 Å². The van der Waals surface area contributed by atoms with E-state index in [9.17, 15) is 0 Å². The molecule has 4 heteroatoms. The van der Waals surface area contributed by atoms with Gasteiger partial charge in [-0.2, -0.15) is 0 Å². The summed E-state index contributed by atoms with van der Waals surface area (Å²) in [6.07, 6.45) is 3.97. The number of hydrogen-bond acceptors (Lipinski definition) is 4. The molecule has 100 valence electrons. The predicted molar refractivity (Wildman–Crippen MR) is 72.7 cm³/mol. The Hall–Kier alpha value is -1.26. The number of nitrogen functional groups attached to an aromatic ring is 1.